The standard InChI is InChI=1S/C44H63NO5/c1-3-5-7-9-11-13-15-17-19-21-33-48-40-29-31-41(32-30-40)50-44(47)37-23-26-39(27-24-37)45-36-38-25-28-42(35-43(38)46)49-34-22-20-18-16-14-12-10-8-6-4-2/h23-32,35-36,46H,3-22,33-34H2,1-2H3. The number of phenols is 1. The van der Waals surface area contributed by atoms with E-state index in [1.54, 1.807) is 54.7 Å². The Morgan fingerprint density at radius 1 is 0.560 bits per heavy atom. The third-order valence-electron chi connectivity index (χ3n) is 9.03. The molecule has 0 saturated heterocycles. The van der Waals surface area contributed by atoms with Gasteiger partial charge in [0.05, 0.1) is 24.5 Å². The van der Waals surface area contributed by atoms with Crippen LogP contribution in [0.3, 0.4) is 0 Å². The van der Waals surface area contributed by atoms with E-state index in [1.165, 1.54) is 116 Å². The molecule has 6 heteroatoms. The maximum atomic E-state index is 12.7. The van der Waals surface area contributed by atoms with E-state index >= 15 is 0 Å². The summed E-state index contributed by atoms with van der Waals surface area (Å²) in [5.41, 5.74) is 1.68. The number of phenolic OH excluding ortho intramolecular Hbond substituents is 1. The van der Waals surface area contributed by atoms with Gasteiger partial charge in [-0.3, -0.25) is 4.99 Å². The van der Waals surface area contributed by atoms with E-state index in [4.69, 9.17) is 14.2 Å². The summed E-state index contributed by atoms with van der Waals surface area (Å²) >= 11 is 0. The molecule has 0 atom stereocenters. The Kier molecular flexibility index (Phi) is 21.2. The number of aromatic hydroxyl groups is 1. The van der Waals surface area contributed by atoms with Crippen molar-refractivity contribution in [2.75, 3.05) is 13.2 Å². The predicted octanol–water partition coefficient (Wildman–Crippen LogP) is 13.0. The van der Waals surface area contributed by atoms with Gasteiger partial charge in [0, 0.05) is 17.8 Å². The fraction of sp³-hybridized carbons (Fsp3) is 0.545. The molecule has 0 aliphatic carbocycles. The number of aliphatic imine (C=N–C) groups is 1. The number of hydrogen-bond donors (Lipinski definition) is 1. The Hall–Kier alpha value is -3.80. The predicted molar refractivity (Wildman–Crippen MR) is 208 cm³/mol. The summed E-state index contributed by atoms with van der Waals surface area (Å²) in [6.45, 7) is 5.86. The summed E-state index contributed by atoms with van der Waals surface area (Å²) < 4.78 is 17.3. The first kappa shape index (κ1) is 40.6. The van der Waals surface area contributed by atoms with Gasteiger partial charge >= 0.3 is 5.97 Å². The van der Waals surface area contributed by atoms with Crippen LogP contribution in [0.15, 0.2) is 71.7 Å². The summed E-state index contributed by atoms with van der Waals surface area (Å²) in [5.74, 6) is 1.58. The highest BCUT2D eigenvalue weighted by molar-refractivity contribution is 5.91. The van der Waals surface area contributed by atoms with Crippen molar-refractivity contribution in [3.8, 4) is 23.0 Å². The molecular formula is C44H63NO5. The van der Waals surface area contributed by atoms with Gasteiger partial charge in [0.1, 0.15) is 23.0 Å². The van der Waals surface area contributed by atoms with E-state index in [1.807, 2.05) is 18.2 Å². The van der Waals surface area contributed by atoms with Gasteiger partial charge in [0.2, 0.25) is 0 Å². The fourth-order valence-electron chi connectivity index (χ4n) is 5.88. The molecule has 1 N–H and O–H groups in total. The molecule has 0 saturated carbocycles. The molecule has 0 aromatic heterocycles. The van der Waals surface area contributed by atoms with Gasteiger partial charge in [-0.1, -0.05) is 129 Å². The lowest BCUT2D eigenvalue weighted by Crippen LogP contribution is -2.08. The summed E-state index contributed by atoms with van der Waals surface area (Å²) in [7, 11) is 0. The summed E-state index contributed by atoms with van der Waals surface area (Å²) in [5, 5.41) is 10.5. The maximum Gasteiger partial charge on any atom is 0.343 e. The third-order valence-corrected chi connectivity index (χ3v) is 9.03. The van der Waals surface area contributed by atoms with Crippen molar-refractivity contribution < 1.29 is 24.1 Å². The first-order valence-electron chi connectivity index (χ1n) is 19.6. The van der Waals surface area contributed by atoms with Crippen molar-refractivity contribution in [3.63, 3.8) is 0 Å². The number of nitrogens with zero attached hydrogens (tertiary/aromatic N) is 1. The van der Waals surface area contributed by atoms with Crippen molar-refractivity contribution in [3.05, 3.63) is 77.9 Å². The second kappa shape index (κ2) is 26.1. The van der Waals surface area contributed by atoms with Crippen LogP contribution in [0, 0.1) is 0 Å². The molecule has 0 unspecified atom stereocenters. The van der Waals surface area contributed by atoms with E-state index in [9.17, 15) is 9.90 Å². The van der Waals surface area contributed by atoms with Crippen molar-refractivity contribution in [2.24, 2.45) is 4.99 Å². The van der Waals surface area contributed by atoms with E-state index in [0.29, 0.717) is 41.5 Å². The molecule has 3 aromatic rings. The van der Waals surface area contributed by atoms with Crippen molar-refractivity contribution in [2.45, 2.75) is 142 Å². The zero-order valence-electron chi connectivity index (χ0n) is 31.0. The number of benzene rings is 3. The molecular weight excluding hydrogens is 622 g/mol. The average Bonchev–Trinajstić information content (AvgIpc) is 3.13. The Labute approximate surface area is 302 Å². The summed E-state index contributed by atoms with van der Waals surface area (Å²) in [6, 6.07) is 19.3. The minimum absolute atomic E-state index is 0.116. The van der Waals surface area contributed by atoms with E-state index in [-0.39, 0.29) is 5.75 Å². The molecule has 0 radical (unpaired) electrons. The molecule has 3 aromatic carbocycles. The molecule has 0 aliphatic rings. The van der Waals surface area contributed by atoms with Crippen LogP contribution < -0.4 is 14.2 Å². The largest absolute Gasteiger partial charge is 0.507 e. The number of carbonyl (C=O) groups is 1. The van der Waals surface area contributed by atoms with Gasteiger partial charge in [-0.2, -0.15) is 0 Å². The zero-order chi connectivity index (χ0) is 35.5. The van der Waals surface area contributed by atoms with Crippen LogP contribution in [-0.2, 0) is 0 Å². The van der Waals surface area contributed by atoms with Crippen LogP contribution in [0.2, 0.25) is 0 Å². The third kappa shape index (κ3) is 17.7. The van der Waals surface area contributed by atoms with Crippen LogP contribution >= 0.6 is 0 Å². The van der Waals surface area contributed by atoms with Crippen molar-refractivity contribution in [1.29, 1.82) is 0 Å². The molecule has 0 heterocycles. The number of unbranched alkanes of at least 4 members (excludes halogenated alkanes) is 18. The lowest BCUT2D eigenvalue weighted by Gasteiger charge is -2.08. The lowest BCUT2D eigenvalue weighted by molar-refractivity contribution is 0.0734. The Bertz CT molecular complexity index is 1340. The molecule has 274 valence electrons. The molecule has 6 nitrogen and oxygen atoms in total. The topological polar surface area (TPSA) is 77.4 Å². The van der Waals surface area contributed by atoms with E-state index in [2.05, 4.69) is 18.8 Å². The summed E-state index contributed by atoms with van der Waals surface area (Å²) in [6.07, 6.45) is 27.4. The number of ether oxygens (including phenoxy) is 3. The normalized spacial score (nSPS) is 11.2. The molecule has 0 spiro atoms. The van der Waals surface area contributed by atoms with E-state index in [0.717, 1.165) is 18.6 Å². The minimum atomic E-state index is -0.439. The monoisotopic (exact) mass is 685 g/mol. The molecule has 50 heavy (non-hydrogen) atoms. The van der Waals surface area contributed by atoms with Crippen LogP contribution in [0.25, 0.3) is 0 Å². The molecule has 0 amide bonds. The van der Waals surface area contributed by atoms with Crippen LogP contribution in [0.4, 0.5) is 5.69 Å². The van der Waals surface area contributed by atoms with Crippen molar-refractivity contribution in [1.82, 2.24) is 0 Å². The zero-order valence-corrected chi connectivity index (χ0v) is 31.0. The van der Waals surface area contributed by atoms with Gasteiger partial charge < -0.3 is 19.3 Å². The fourth-order valence-corrected chi connectivity index (χ4v) is 5.88. The minimum Gasteiger partial charge on any atom is -0.507 e. The maximum absolute atomic E-state index is 12.7. The van der Waals surface area contributed by atoms with Crippen molar-refractivity contribution >= 4 is 17.9 Å². The van der Waals surface area contributed by atoms with Crippen LogP contribution in [-0.4, -0.2) is 30.5 Å². The molecule has 3 rings (SSSR count). The molecule has 0 aliphatic heterocycles. The second-order valence-electron chi connectivity index (χ2n) is 13.4. The Morgan fingerprint density at radius 2 is 1.00 bits per heavy atom. The summed E-state index contributed by atoms with van der Waals surface area (Å²) in [4.78, 5) is 17.2. The Balaban J connectivity index is 1.30. The SMILES string of the molecule is CCCCCCCCCCCCOc1ccc(OC(=O)c2ccc(N=Cc3ccc(OCCCCCCCCCCCC)cc3O)cc2)cc1. The lowest BCUT2D eigenvalue weighted by atomic mass is 10.1. The van der Waals surface area contributed by atoms with Crippen LogP contribution in [0.1, 0.15) is 158 Å². The molecule has 0 bridgehead atoms. The highest BCUT2D eigenvalue weighted by Gasteiger charge is 2.09. The average molecular weight is 686 g/mol. The number of hydrogen-bond acceptors (Lipinski definition) is 6. The number of carbonyl (C=O) groups excluding carboxylic acids is 1. The van der Waals surface area contributed by atoms with Gasteiger partial charge in [-0.15, -0.1) is 0 Å². The smallest absolute Gasteiger partial charge is 0.343 e. The van der Waals surface area contributed by atoms with Gasteiger partial charge in [0.25, 0.3) is 0 Å². The number of esters is 1. The molecule has 0 fully saturated rings. The quantitative estimate of drug-likeness (QED) is 0.0356. The first-order valence-corrected chi connectivity index (χ1v) is 19.6. The second-order valence-corrected chi connectivity index (χ2v) is 13.4. The van der Waals surface area contributed by atoms with Gasteiger partial charge in [-0.25, -0.2) is 4.79 Å². The first-order chi connectivity index (χ1) is 24.6. The highest BCUT2D eigenvalue weighted by Crippen LogP contribution is 2.25. The van der Waals surface area contributed by atoms with Gasteiger partial charge in [0.15, 0.2) is 0 Å². The Morgan fingerprint density at radius 3 is 1.50 bits per heavy atom. The number of rotatable bonds is 28. The van der Waals surface area contributed by atoms with Crippen LogP contribution in [0.5, 0.6) is 23.0 Å². The van der Waals surface area contributed by atoms with Gasteiger partial charge in [-0.05, 0) is 73.5 Å². The van der Waals surface area contributed by atoms with E-state index < -0.39 is 5.97 Å². The highest BCUT2D eigenvalue weighted by atomic mass is 16.5.